The Labute approximate surface area is 99.6 Å². The van der Waals surface area contributed by atoms with Gasteiger partial charge in [-0.1, -0.05) is 11.5 Å². The number of anilines is 1. The summed E-state index contributed by atoms with van der Waals surface area (Å²) in [6, 6.07) is 0.283. The highest BCUT2D eigenvalue weighted by atomic mass is 32.2. The van der Waals surface area contributed by atoms with Crippen LogP contribution in [0.25, 0.3) is 0 Å². The van der Waals surface area contributed by atoms with E-state index in [1.54, 1.807) is 0 Å². The van der Waals surface area contributed by atoms with Crippen molar-refractivity contribution >= 4 is 17.8 Å². The van der Waals surface area contributed by atoms with Crippen LogP contribution in [0.3, 0.4) is 0 Å². The third-order valence-corrected chi connectivity index (χ3v) is 3.98. The second-order valence-electron chi connectivity index (χ2n) is 4.10. The van der Waals surface area contributed by atoms with Gasteiger partial charge in [-0.15, -0.1) is 5.10 Å². The van der Waals surface area contributed by atoms with E-state index in [0.29, 0.717) is 17.2 Å². The van der Waals surface area contributed by atoms with Crippen molar-refractivity contribution in [3.05, 3.63) is 5.89 Å². The molecule has 2 unspecified atom stereocenters. The minimum absolute atomic E-state index is 0.202. The van der Waals surface area contributed by atoms with Gasteiger partial charge in [0.25, 0.3) is 0 Å². The van der Waals surface area contributed by atoms with Gasteiger partial charge in [-0.05, 0) is 25.5 Å². The summed E-state index contributed by atoms with van der Waals surface area (Å²) in [5.74, 6) is 1.75. The van der Waals surface area contributed by atoms with Gasteiger partial charge in [0.05, 0.1) is 6.04 Å². The fourth-order valence-corrected chi connectivity index (χ4v) is 2.90. The second-order valence-corrected chi connectivity index (χ2v) is 5.51. The van der Waals surface area contributed by atoms with Gasteiger partial charge in [-0.3, -0.25) is 0 Å². The molecule has 6 heteroatoms. The average Bonchev–Trinajstić information content (AvgIpc) is 2.76. The van der Waals surface area contributed by atoms with E-state index in [9.17, 15) is 0 Å². The number of hydrogen-bond donors (Lipinski definition) is 2. The fraction of sp³-hybridized carbons (Fsp3) is 0.800. The largest absolute Gasteiger partial charge is 0.406 e. The maximum Gasteiger partial charge on any atom is 0.315 e. The lowest BCUT2D eigenvalue weighted by Crippen LogP contribution is -2.20. The molecule has 1 aliphatic heterocycles. The summed E-state index contributed by atoms with van der Waals surface area (Å²) in [4.78, 5) is 0. The molecule has 1 aliphatic rings. The first kappa shape index (κ1) is 11.7. The van der Waals surface area contributed by atoms with Crippen molar-refractivity contribution in [2.45, 2.75) is 37.5 Å². The molecule has 0 bridgehead atoms. The number of rotatable bonds is 4. The fourth-order valence-electron chi connectivity index (χ4n) is 1.66. The maximum atomic E-state index is 5.64. The van der Waals surface area contributed by atoms with Crippen LogP contribution in [0.5, 0.6) is 0 Å². The maximum absolute atomic E-state index is 5.64. The van der Waals surface area contributed by atoms with Gasteiger partial charge in [-0.2, -0.15) is 11.8 Å². The predicted octanol–water partition coefficient (Wildman–Crippen LogP) is 1.79. The van der Waals surface area contributed by atoms with Gasteiger partial charge in [0.15, 0.2) is 0 Å². The molecule has 0 saturated carbocycles. The summed E-state index contributed by atoms with van der Waals surface area (Å²) in [6.07, 6.45) is 3.94. The number of hydrogen-bond acceptors (Lipinski definition) is 6. The Hall–Kier alpha value is -0.750. The summed E-state index contributed by atoms with van der Waals surface area (Å²) in [5.41, 5.74) is 5.64. The smallest absolute Gasteiger partial charge is 0.315 e. The summed E-state index contributed by atoms with van der Waals surface area (Å²) in [6.45, 7) is 2.72. The van der Waals surface area contributed by atoms with Gasteiger partial charge < -0.3 is 15.5 Å². The number of thioether (sulfide) groups is 1. The van der Waals surface area contributed by atoms with E-state index in [1.165, 1.54) is 25.0 Å². The molecule has 16 heavy (non-hydrogen) atoms. The van der Waals surface area contributed by atoms with Gasteiger partial charge in [0, 0.05) is 11.8 Å². The molecular formula is C10H18N4OS. The molecule has 90 valence electrons. The Morgan fingerprint density at radius 3 is 3.06 bits per heavy atom. The molecule has 3 N–H and O–H groups in total. The first-order chi connectivity index (χ1) is 7.75. The minimum atomic E-state index is -0.202. The topological polar surface area (TPSA) is 77.0 Å². The highest BCUT2D eigenvalue weighted by Crippen LogP contribution is 2.25. The summed E-state index contributed by atoms with van der Waals surface area (Å²) >= 11 is 2.02. The quantitative estimate of drug-likeness (QED) is 0.838. The van der Waals surface area contributed by atoms with E-state index in [0.717, 1.165) is 6.54 Å². The van der Waals surface area contributed by atoms with Gasteiger partial charge >= 0.3 is 6.01 Å². The Balaban J connectivity index is 1.79. The normalized spacial score (nSPS) is 23.0. The monoisotopic (exact) mass is 242 g/mol. The molecule has 2 atom stereocenters. The third kappa shape index (κ3) is 3.12. The van der Waals surface area contributed by atoms with Crippen LogP contribution < -0.4 is 11.1 Å². The van der Waals surface area contributed by atoms with Crippen LogP contribution in [0.4, 0.5) is 6.01 Å². The lowest BCUT2D eigenvalue weighted by Gasteiger charge is -2.20. The zero-order valence-electron chi connectivity index (χ0n) is 9.48. The van der Waals surface area contributed by atoms with Crippen LogP contribution in [0.2, 0.25) is 0 Å². The van der Waals surface area contributed by atoms with Crippen molar-refractivity contribution < 1.29 is 4.42 Å². The number of nitrogens with zero attached hydrogens (tertiary/aromatic N) is 2. The molecule has 0 aromatic carbocycles. The molecule has 1 fully saturated rings. The highest BCUT2D eigenvalue weighted by Gasteiger charge is 2.15. The highest BCUT2D eigenvalue weighted by molar-refractivity contribution is 7.99. The van der Waals surface area contributed by atoms with Crippen molar-refractivity contribution in [3.8, 4) is 0 Å². The lowest BCUT2D eigenvalue weighted by molar-refractivity contribution is 0.472. The van der Waals surface area contributed by atoms with Crippen LogP contribution in [-0.2, 0) is 0 Å². The van der Waals surface area contributed by atoms with Gasteiger partial charge in [0.1, 0.15) is 0 Å². The van der Waals surface area contributed by atoms with E-state index in [-0.39, 0.29) is 6.04 Å². The van der Waals surface area contributed by atoms with E-state index >= 15 is 0 Å². The third-order valence-electron chi connectivity index (χ3n) is 2.59. The Morgan fingerprint density at radius 1 is 1.56 bits per heavy atom. The van der Waals surface area contributed by atoms with Crippen LogP contribution in [0.15, 0.2) is 4.42 Å². The van der Waals surface area contributed by atoms with Crippen LogP contribution in [0, 0.1) is 0 Å². The summed E-state index contributed by atoms with van der Waals surface area (Å²) in [5, 5.41) is 11.6. The van der Waals surface area contributed by atoms with Crippen molar-refractivity contribution in [1.82, 2.24) is 10.2 Å². The molecule has 0 spiro atoms. The molecule has 0 amide bonds. The van der Waals surface area contributed by atoms with E-state index < -0.39 is 0 Å². The van der Waals surface area contributed by atoms with Gasteiger partial charge in [-0.25, -0.2) is 0 Å². The molecule has 2 rings (SSSR count). The van der Waals surface area contributed by atoms with E-state index in [2.05, 4.69) is 15.5 Å². The molecule has 0 aliphatic carbocycles. The standard InChI is InChI=1S/C10H18N4OS/c1-7(11)9-13-14-10(15-9)12-6-8-4-2-3-5-16-8/h7-8H,2-6,11H2,1H3,(H,12,14). The molecule has 1 saturated heterocycles. The molecule has 0 radical (unpaired) electrons. The Morgan fingerprint density at radius 2 is 2.44 bits per heavy atom. The first-order valence-electron chi connectivity index (χ1n) is 5.70. The zero-order chi connectivity index (χ0) is 11.4. The molecule has 5 nitrogen and oxygen atoms in total. The zero-order valence-corrected chi connectivity index (χ0v) is 10.3. The van der Waals surface area contributed by atoms with Crippen molar-refractivity contribution in [1.29, 1.82) is 0 Å². The van der Waals surface area contributed by atoms with E-state index in [4.69, 9.17) is 10.2 Å². The summed E-state index contributed by atoms with van der Waals surface area (Å²) < 4.78 is 5.37. The molecular weight excluding hydrogens is 224 g/mol. The lowest BCUT2D eigenvalue weighted by atomic mass is 10.2. The molecule has 2 heterocycles. The second kappa shape index (κ2) is 5.54. The van der Waals surface area contributed by atoms with Crippen molar-refractivity contribution in [2.24, 2.45) is 5.73 Å². The SMILES string of the molecule is CC(N)c1nnc(NCC2CCCCS2)o1. The van der Waals surface area contributed by atoms with E-state index in [1.807, 2.05) is 18.7 Å². The Kier molecular flexibility index (Phi) is 4.06. The average molecular weight is 242 g/mol. The molecule has 1 aromatic rings. The van der Waals surface area contributed by atoms with Crippen molar-refractivity contribution in [2.75, 3.05) is 17.6 Å². The predicted molar refractivity (Wildman–Crippen MR) is 65.5 cm³/mol. The van der Waals surface area contributed by atoms with Gasteiger partial charge in [0.2, 0.25) is 5.89 Å². The van der Waals surface area contributed by atoms with Crippen molar-refractivity contribution in [3.63, 3.8) is 0 Å². The number of nitrogens with two attached hydrogens (primary N) is 1. The van der Waals surface area contributed by atoms with Crippen LogP contribution in [-0.4, -0.2) is 27.7 Å². The Bertz CT molecular complexity index is 322. The molecule has 1 aromatic heterocycles. The first-order valence-corrected chi connectivity index (χ1v) is 6.75. The minimum Gasteiger partial charge on any atom is -0.406 e. The summed E-state index contributed by atoms with van der Waals surface area (Å²) in [7, 11) is 0. The van der Waals surface area contributed by atoms with Crippen LogP contribution >= 0.6 is 11.8 Å². The van der Waals surface area contributed by atoms with Crippen LogP contribution in [0.1, 0.15) is 38.1 Å². The number of aromatic nitrogens is 2. The number of nitrogens with one attached hydrogen (secondary N) is 1.